The van der Waals surface area contributed by atoms with Crippen LogP contribution in [0.15, 0.2) is 42.6 Å². The van der Waals surface area contributed by atoms with E-state index in [-0.39, 0.29) is 23.9 Å². The van der Waals surface area contributed by atoms with Gasteiger partial charge in [0.25, 0.3) is 5.91 Å². The van der Waals surface area contributed by atoms with E-state index in [0.717, 1.165) is 17.8 Å². The largest absolute Gasteiger partial charge is 0.416 e. The molecule has 0 aliphatic carbocycles. The van der Waals surface area contributed by atoms with E-state index in [0.29, 0.717) is 13.0 Å². The summed E-state index contributed by atoms with van der Waals surface area (Å²) in [6, 6.07) is 7.89. The second-order valence-corrected chi connectivity index (χ2v) is 6.77. The molecule has 2 amide bonds. The lowest BCUT2D eigenvalue weighted by Crippen LogP contribution is -2.36. The van der Waals surface area contributed by atoms with Crippen LogP contribution in [-0.4, -0.2) is 48.0 Å². The number of benzene rings is 1. The van der Waals surface area contributed by atoms with Crippen LogP contribution in [0.1, 0.15) is 35.5 Å². The van der Waals surface area contributed by atoms with Gasteiger partial charge < -0.3 is 15.0 Å². The van der Waals surface area contributed by atoms with Crippen LogP contribution in [0, 0.1) is 0 Å². The van der Waals surface area contributed by atoms with Crippen LogP contribution in [0.5, 0.6) is 0 Å². The van der Waals surface area contributed by atoms with Gasteiger partial charge in [0.05, 0.1) is 5.56 Å². The quantitative estimate of drug-likeness (QED) is 0.702. The lowest BCUT2D eigenvalue weighted by molar-refractivity contribution is -0.137. The molecule has 1 N–H and O–H groups in total. The molecule has 6 nitrogen and oxygen atoms in total. The van der Waals surface area contributed by atoms with Crippen molar-refractivity contribution in [2.24, 2.45) is 0 Å². The molecule has 30 heavy (non-hydrogen) atoms. The maximum Gasteiger partial charge on any atom is 0.416 e. The third-order valence-corrected chi connectivity index (χ3v) is 4.44. The zero-order chi connectivity index (χ0) is 22.3. The molecule has 9 heteroatoms. The van der Waals surface area contributed by atoms with Crippen molar-refractivity contribution >= 4 is 17.5 Å². The zero-order valence-electron chi connectivity index (χ0n) is 17.0. The van der Waals surface area contributed by atoms with Gasteiger partial charge in [0, 0.05) is 49.3 Å². The van der Waals surface area contributed by atoms with E-state index in [4.69, 9.17) is 4.74 Å². The summed E-state index contributed by atoms with van der Waals surface area (Å²) in [6.07, 6.45) is -2.60. The number of anilines is 1. The number of amides is 2. The van der Waals surface area contributed by atoms with E-state index >= 15 is 0 Å². The van der Waals surface area contributed by atoms with E-state index < -0.39 is 23.6 Å². The fraction of sp³-hybridized carbons (Fsp3) is 0.381. The first-order chi connectivity index (χ1) is 14.1. The topological polar surface area (TPSA) is 71.5 Å². The van der Waals surface area contributed by atoms with Crippen LogP contribution in [0.25, 0.3) is 0 Å². The molecule has 0 fully saturated rings. The van der Waals surface area contributed by atoms with Gasteiger partial charge in [0.15, 0.2) is 0 Å². The molecule has 2 rings (SSSR count). The normalized spacial score (nSPS) is 12.3. The lowest BCUT2D eigenvalue weighted by Gasteiger charge is -2.25. The second kappa shape index (κ2) is 10.2. The number of carbonyl (C=O) groups is 2. The van der Waals surface area contributed by atoms with Gasteiger partial charge in [0.2, 0.25) is 5.91 Å². The molecule has 0 bridgehead atoms. The number of nitrogens with one attached hydrogen (secondary N) is 1. The summed E-state index contributed by atoms with van der Waals surface area (Å²) in [6.45, 7) is 3.47. The summed E-state index contributed by atoms with van der Waals surface area (Å²) in [5.74, 6) is -1.20. The molecule has 1 aromatic carbocycles. The molecule has 1 atom stereocenters. The number of hydrogen-bond donors (Lipinski definition) is 1. The third-order valence-electron chi connectivity index (χ3n) is 4.44. The minimum Gasteiger partial charge on any atom is -0.372 e. The number of aromatic nitrogens is 1. The first-order valence-corrected chi connectivity index (χ1v) is 9.38. The van der Waals surface area contributed by atoms with Crippen LogP contribution >= 0.6 is 0 Å². The fourth-order valence-corrected chi connectivity index (χ4v) is 2.74. The van der Waals surface area contributed by atoms with Crippen molar-refractivity contribution in [2.45, 2.75) is 32.5 Å². The van der Waals surface area contributed by atoms with Gasteiger partial charge in [-0.1, -0.05) is 6.07 Å². The molecule has 0 saturated carbocycles. The third kappa shape index (κ3) is 6.55. The standard InChI is InChI=1S/C21H24F3N3O3/c1-4-30-13-19(28)26-18-11-15(10-16(12-18)21(22,23)24)20(29)27(3)14(2)9-17-7-5-6-8-25-17/h5-8,10-12,14H,4,9,13H2,1-3H3,(H,26,28). The predicted octanol–water partition coefficient (Wildman–Crippen LogP) is 3.78. The number of ether oxygens (including phenoxy) is 1. The van der Waals surface area contributed by atoms with Crippen molar-refractivity contribution in [1.82, 2.24) is 9.88 Å². The molecule has 0 radical (unpaired) electrons. The Morgan fingerprint density at radius 2 is 1.97 bits per heavy atom. The highest BCUT2D eigenvalue weighted by Gasteiger charge is 2.32. The van der Waals surface area contributed by atoms with Gasteiger partial charge in [0.1, 0.15) is 6.61 Å². The van der Waals surface area contributed by atoms with Crippen LogP contribution in [-0.2, 0) is 22.1 Å². The van der Waals surface area contributed by atoms with Crippen molar-refractivity contribution < 1.29 is 27.5 Å². The van der Waals surface area contributed by atoms with E-state index in [9.17, 15) is 22.8 Å². The molecule has 162 valence electrons. The van der Waals surface area contributed by atoms with Crippen molar-refractivity contribution in [3.05, 3.63) is 59.4 Å². The smallest absolute Gasteiger partial charge is 0.372 e. The number of likely N-dealkylation sites (N-methyl/N-ethyl adjacent to an activating group) is 1. The molecule has 0 aliphatic heterocycles. The molecular weight excluding hydrogens is 399 g/mol. The van der Waals surface area contributed by atoms with E-state index in [2.05, 4.69) is 10.3 Å². The molecule has 1 aromatic heterocycles. The summed E-state index contributed by atoms with van der Waals surface area (Å²) in [5.41, 5.74) is -0.557. The lowest BCUT2D eigenvalue weighted by atomic mass is 10.1. The average molecular weight is 423 g/mol. The van der Waals surface area contributed by atoms with Gasteiger partial charge in [-0.3, -0.25) is 14.6 Å². The number of carbonyl (C=O) groups excluding carboxylic acids is 2. The molecule has 2 aromatic rings. The van der Waals surface area contributed by atoms with Crippen LogP contribution in [0.2, 0.25) is 0 Å². The highest BCUT2D eigenvalue weighted by atomic mass is 19.4. The molecular formula is C21H24F3N3O3. The van der Waals surface area contributed by atoms with Crippen LogP contribution < -0.4 is 5.32 Å². The summed E-state index contributed by atoms with van der Waals surface area (Å²) >= 11 is 0. The van der Waals surface area contributed by atoms with Crippen LogP contribution in [0.4, 0.5) is 18.9 Å². The number of alkyl halides is 3. The Morgan fingerprint density at radius 3 is 2.57 bits per heavy atom. The Hall–Kier alpha value is -2.94. The number of hydrogen-bond acceptors (Lipinski definition) is 4. The van der Waals surface area contributed by atoms with Crippen molar-refractivity contribution in [1.29, 1.82) is 0 Å². The average Bonchev–Trinajstić information content (AvgIpc) is 2.71. The number of nitrogens with zero attached hydrogens (tertiary/aromatic N) is 2. The molecule has 0 spiro atoms. The van der Waals surface area contributed by atoms with Crippen molar-refractivity contribution in [2.75, 3.05) is 25.6 Å². The second-order valence-electron chi connectivity index (χ2n) is 6.77. The summed E-state index contributed by atoms with van der Waals surface area (Å²) in [4.78, 5) is 30.3. The minimum absolute atomic E-state index is 0.122. The monoisotopic (exact) mass is 423 g/mol. The van der Waals surface area contributed by atoms with Crippen molar-refractivity contribution in [3.8, 4) is 0 Å². The Labute approximate surface area is 173 Å². The molecule has 0 aliphatic rings. The maximum absolute atomic E-state index is 13.3. The first kappa shape index (κ1) is 23.3. The molecule has 1 heterocycles. The van der Waals surface area contributed by atoms with Gasteiger partial charge >= 0.3 is 6.18 Å². The van der Waals surface area contributed by atoms with Gasteiger partial charge in [-0.2, -0.15) is 13.2 Å². The van der Waals surface area contributed by atoms with Crippen molar-refractivity contribution in [3.63, 3.8) is 0 Å². The summed E-state index contributed by atoms with van der Waals surface area (Å²) in [5, 5.41) is 2.35. The number of halogens is 3. The minimum atomic E-state index is -4.67. The predicted molar refractivity (Wildman–Crippen MR) is 106 cm³/mol. The fourth-order valence-electron chi connectivity index (χ4n) is 2.74. The Kier molecular flexibility index (Phi) is 7.93. The van der Waals surface area contributed by atoms with Gasteiger partial charge in [-0.25, -0.2) is 0 Å². The number of pyridine rings is 1. The highest BCUT2D eigenvalue weighted by Crippen LogP contribution is 2.32. The van der Waals surface area contributed by atoms with E-state index in [1.807, 2.05) is 12.1 Å². The molecule has 0 saturated heterocycles. The summed E-state index contributed by atoms with van der Waals surface area (Å²) in [7, 11) is 1.52. The van der Waals surface area contributed by atoms with Gasteiger partial charge in [-0.15, -0.1) is 0 Å². The van der Waals surface area contributed by atoms with Crippen LogP contribution in [0.3, 0.4) is 0 Å². The van der Waals surface area contributed by atoms with Gasteiger partial charge in [-0.05, 0) is 44.2 Å². The SMILES string of the molecule is CCOCC(=O)Nc1cc(C(=O)N(C)C(C)Cc2ccccn2)cc(C(F)(F)F)c1. The Bertz CT molecular complexity index is 873. The summed E-state index contributed by atoms with van der Waals surface area (Å²) < 4.78 is 44.9. The first-order valence-electron chi connectivity index (χ1n) is 9.38. The zero-order valence-corrected chi connectivity index (χ0v) is 17.0. The van der Waals surface area contributed by atoms with E-state index in [1.165, 1.54) is 18.0 Å². The van der Waals surface area contributed by atoms with E-state index in [1.54, 1.807) is 26.1 Å². The Balaban J connectivity index is 2.25. The Morgan fingerprint density at radius 1 is 1.23 bits per heavy atom. The maximum atomic E-state index is 13.3. The number of rotatable bonds is 8. The highest BCUT2D eigenvalue weighted by molar-refractivity contribution is 5.97. The molecule has 1 unspecified atom stereocenters.